The van der Waals surface area contributed by atoms with E-state index in [0.29, 0.717) is 6.54 Å². The molecular weight excluding hydrogens is 214 g/mol. The van der Waals surface area contributed by atoms with E-state index in [0.717, 1.165) is 36.3 Å². The number of benzene rings is 1. The highest BCUT2D eigenvalue weighted by Gasteiger charge is 2.25. The number of nitrogens with zero attached hydrogens (tertiary/aromatic N) is 1. The fourth-order valence-electron chi connectivity index (χ4n) is 2.53. The van der Waals surface area contributed by atoms with Gasteiger partial charge in [-0.05, 0) is 31.4 Å². The lowest BCUT2D eigenvalue weighted by Gasteiger charge is -2.34. The predicted octanol–water partition coefficient (Wildman–Crippen LogP) is 1.28. The molecule has 0 spiro atoms. The molecule has 1 amide bonds. The van der Waals surface area contributed by atoms with Gasteiger partial charge in [0.15, 0.2) is 0 Å². The summed E-state index contributed by atoms with van der Waals surface area (Å²) in [6, 6.07) is 5.89. The molecule has 92 valence electrons. The number of rotatable bonds is 2. The van der Waals surface area contributed by atoms with Crippen molar-refractivity contribution in [3.63, 3.8) is 0 Å². The number of para-hydroxylation sites is 1. The number of anilines is 2. The van der Waals surface area contributed by atoms with Crippen LogP contribution in [0, 0.1) is 12.8 Å². The van der Waals surface area contributed by atoms with E-state index in [1.165, 1.54) is 0 Å². The smallest absolute Gasteiger partial charge is 0.222 e. The Hall–Kier alpha value is -1.71. The average molecular weight is 233 g/mol. The maximum absolute atomic E-state index is 11.3. The van der Waals surface area contributed by atoms with Crippen LogP contribution >= 0.6 is 0 Å². The molecule has 17 heavy (non-hydrogen) atoms. The van der Waals surface area contributed by atoms with Crippen molar-refractivity contribution >= 4 is 17.3 Å². The zero-order valence-electron chi connectivity index (χ0n) is 10.1. The molecule has 1 heterocycles. The molecule has 2 rings (SSSR count). The molecule has 1 unspecified atom stereocenters. The molecule has 1 fully saturated rings. The molecule has 0 aromatic heterocycles. The van der Waals surface area contributed by atoms with Crippen molar-refractivity contribution < 1.29 is 4.79 Å². The molecule has 1 aliphatic rings. The van der Waals surface area contributed by atoms with Crippen LogP contribution in [0.2, 0.25) is 0 Å². The van der Waals surface area contributed by atoms with Crippen LogP contribution in [0.1, 0.15) is 18.4 Å². The maximum atomic E-state index is 11.3. The third-order valence-electron chi connectivity index (χ3n) is 3.41. The Kier molecular flexibility index (Phi) is 3.22. The Labute approximate surface area is 102 Å². The molecule has 0 bridgehead atoms. The lowest BCUT2D eigenvalue weighted by molar-refractivity contribution is -0.122. The van der Waals surface area contributed by atoms with Crippen LogP contribution in [0.25, 0.3) is 0 Å². The summed E-state index contributed by atoms with van der Waals surface area (Å²) in [5.74, 6) is -0.260. The minimum Gasteiger partial charge on any atom is -0.397 e. The van der Waals surface area contributed by atoms with Crippen LogP contribution < -0.4 is 16.4 Å². The predicted molar refractivity (Wildman–Crippen MR) is 69.7 cm³/mol. The Bertz CT molecular complexity index is 410. The molecule has 1 atom stereocenters. The fraction of sp³-hybridized carbons (Fsp3) is 0.462. The number of hydrogen-bond acceptors (Lipinski definition) is 3. The molecule has 4 heteroatoms. The minimum atomic E-state index is -0.207. The monoisotopic (exact) mass is 233 g/mol. The van der Waals surface area contributed by atoms with E-state index >= 15 is 0 Å². The highest BCUT2D eigenvalue weighted by molar-refractivity contribution is 5.79. The normalized spacial score (nSPS) is 20.3. The lowest BCUT2D eigenvalue weighted by Crippen LogP contribution is -2.41. The molecule has 0 aliphatic carbocycles. The topological polar surface area (TPSA) is 72.3 Å². The van der Waals surface area contributed by atoms with Crippen molar-refractivity contribution in [2.75, 3.05) is 23.7 Å². The molecular formula is C13H19N3O. The number of carbonyl (C=O) groups is 1. The first-order chi connectivity index (χ1) is 8.09. The van der Waals surface area contributed by atoms with E-state index < -0.39 is 0 Å². The largest absolute Gasteiger partial charge is 0.397 e. The van der Waals surface area contributed by atoms with Crippen LogP contribution in [0.4, 0.5) is 11.4 Å². The molecule has 1 aromatic rings. The Morgan fingerprint density at radius 1 is 1.47 bits per heavy atom. The zero-order valence-corrected chi connectivity index (χ0v) is 10.1. The molecule has 0 radical (unpaired) electrons. The van der Waals surface area contributed by atoms with Gasteiger partial charge in [0.2, 0.25) is 5.91 Å². The van der Waals surface area contributed by atoms with Crippen molar-refractivity contribution in [3.8, 4) is 0 Å². The SMILES string of the molecule is Cc1cccc(N)c1N1CCCC(C(N)=O)C1. The summed E-state index contributed by atoms with van der Waals surface area (Å²) in [6.07, 6.45) is 1.87. The van der Waals surface area contributed by atoms with Crippen molar-refractivity contribution in [1.82, 2.24) is 0 Å². The number of primary amides is 1. The number of piperidine rings is 1. The van der Waals surface area contributed by atoms with Gasteiger partial charge < -0.3 is 16.4 Å². The van der Waals surface area contributed by atoms with E-state index in [1.807, 2.05) is 25.1 Å². The maximum Gasteiger partial charge on any atom is 0.222 e. The number of carbonyl (C=O) groups excluding carboxylic acids is 1. The van der Waals surface area contributed by atoms with E-state index in [2.05, 4.69) is 4.90 Å². The lowest BCUT2D eigenvalue weighted by atomic mass is 9.96. The third kappa shape index (κ3) is 2.35. The van der Waals surface area contributed by atoms with Gasteiger partial charge >= 0.3 is 0 Å². The van der Waals surface area contributed by atoms with E-state index in [1.54, 1.807) is 0 Å². The number of aryl methyl sites for hydroxylation is 1. The van der Waals surface area contributed by atoms with Gasteiger partial charge in [0.1, 0.15) is 0 Å². The second-order valence-corrected chi connectivity index (χ2v) is 4.70. The number of nitrogens with two attached hydrogens (primary N) is 2. The van der Waals surface area contributed by atoms with Crippen LogP contribution in [-0.2, 0) is 4.79 Å². The van der Waals surface area contributed by atoms with Crippen molar-refractivity contribution in [2.24, 2.45) is 11.7 Å². The van der Waals surface area contributed by atoms with E-state index in [-0.39, 0.29) is 11.8 Å². The molecule has 0 saturated carbocycles. The average Bonchev–Trinajstić information content (AvgIpc) is 2.29. The van der Waals surface area contributed by atoms with Crippen molar-refractivity contribution in [1.29, 1.82) is 0 Å². The molecule has 1 aromatic carbocycles. The summed E-state index contributed by atoms with van der Waals surface area (Å²) in [6.45, 7) is 3.67. The summed E-state index contributed by atoms with van der Waals surface area (Å²) in [5, 5.41) is 0. The number of hydrogen-bond donors (Lipinski definition) is 2. The summed E-state index contributed by atoms with van der Waals surface area (Å²) in [7, 11) is 0. The summed E-state index contributed by atoms with van der Waals surface area (Å²) in [5.41, 5.74) is 14.4. The second-order valence-electron chi connectivity index (χ2n) is 4.70. The quantitative estimate of drug-likeness (QED) is 0.756. The summed E-state index contributed by atoms with van der Waals surface area (Å²) in [4.78, 5) is 13.4. The molecule has 4 N–H and O–H groups in total. The summed E-state index contributed by atoms with van der Waals surface area (Å²) >= 11 is 0. The second kappa shape index (κ2) is 4.65. The van der Waals surface area contributed by atoms with Crippen LogP contribution in [-0.4, -0.2) is 19.0 Å². The van der Waals surface area contributed by atoms with Gasteiger partial charge in [-0.3, -0.25) is 4.79 Å². The molecule has 1 aliphatic heterocycles. The first kappa shape index (κ1) is 11.8. The van der Waals surface area contributed by atoms with Crippen molar-refractivity contribution in [2.45, 2.75) is 19.8 Å². The third-order valence-corrected chi connectivity index (χ3v) is 3.41. The van der Waals surface area contributed by atoms with Gasteiger partial charge in [0.05, 0.1) is 17.3 Å². The van der Waals surface area contributed by atoms with Crippen LogP contribution in [0.5, 0.6) is 0 Å². The van der Waals surface area contributed by atoms with Crippen molar-refractivity contribution in [3.05, 3.63) is 23.8 Å². The number of nitrogen functional groups attached to an aromatic ring is 1. The highest BCUT2D eigenvalue weighted by atomic mass is 16.1. The summed E-state index contributed by atoms with van der Waals surface area (Å²) < 4.78 is 0. The van der Waals surface area contributed by atoms with E-state index in [4.69, 9.17) is 11.5 Å². The minimum absolute atomic E-state index is 0.0530. The Morgan fingerprint density at radius 2 is 2.24 bits per heavy atom. The molecule has 4 nitrogen and oxygen atoms in total. The van der Waals surface area contributed by atoms with Gasteiger partial charge in [-0.2, -0.15) is 0 Å². The van der Waals surface area contributed by atoms with Gasteiger partial charge in [-0.15, -0.1) is 0 Å². The zero-order chi connectivity index (χ0) is 12.4. The van der Waals surface area contributed by atoms with Gasteiger partial charge in [0, 0.05) is 13.1 Å². The first-order valence-corrected chi connectivity index (χ1v) is 5.99. The van der Waals surface area contributed by atoms with Gasteiger partial charge in [-0.25, -0.2) is 0 Å². The van der Waals surface area contributed by atoms with Crippen LogP contribution in [0.3, 0.4) is 0 Å². The van der Waals surface area contributed by atoms with Gasteiger partial charge in [-0.1, -0.05) is 12.1 Å². The van der Waals surface area contributed by atoms with Gasteiger partial charge in [0.25, 0.3) is 0 Å². The number of amides is 1. The standard InChI is InChI=1S/C13H19N3O/c1-9-4-2-6-11(14)12(9)16-7-3-5-10(8-16)13(15)17/h2,4,6,10H,3,5,7-8,14H2,1H3,(H2,15,17). The van der Waals surface area contributed by atoms with Crippen LogP contribution in [0.15, 0.2) is 18.2 Å². The fourth-order valence-corrected chi connectivity index (χ4v) is 2.53. The first-order valence-electron chi connectivity index (χ1n) is 5.99. The Morgan fingerprint density at radius 3 is 2.88 bits per heavy atom. The Balaban J connectivity index is 2.25. The highest BCUT2D eigenvalue weighted by Crippen LogP contribution is 2.30. The van der Waals surface area contributed by atoms with E-state index in [9.17, 15) is 4.79 Å². The molecule has 1 saturated heterocycles.